The summed E-state index contributed by atoms with van der Waals surface area (Å²) in [4.78, 5) is 7.29. The zero-order valence-corrected chi connectivity index (χ0v) is 20.3. The van der Waals surface area contributed by atoms with Crippen molar-refractivity contribution in [3.05, 3.63) is 41.6 Å². The number of hydrogen-bond donors (Lipinski definition) is 1. The third-order valence-corrected chi connectivity index (χ3v) is 8.17. The molecule has 3 aromatic rings. The molecule has 0 aliphatic carbocycles. The van der Waals surface area contributed by atoms with E-state index in [0.29, 0.717) is 10.7 Å². The lowest BCUT2D eigenvalue weighted by atomic mass is 9.87. The van der Waals surface area contributed by atoms with Gasteiger partial charge in [0.2, 0.25) is 9.84 Å². The molecule has 1 aromatic carbocycles. The van der Waals surface area contributed by atoms with Crippen LogP contribution in [0.2, 0.25) is 0 Å². The Bertz CT molecular complexity index is 1210. The highest BCUT2D eigenvalue weighted by Gasteiger charge is 2.30. The summed E-state index contributed by atoms with van der Waals surface area (Å²) < 4.78 is 29.1. The summed E-state index contributed by atoms with van der Waals surface area (Å²) in [5.41, 5.74) is 2.20. The number of benzene rings is 1. The van der Waals surface area contributed by atoms with E-state index in [0.717, 1.165) is 43.3 Å². The van der Waals surface area contributed by atoms with Crippen LogP contribution in [0.25, 0.3) is 5.65 Å². The number of aryl methyl sites for hydroxylation is 1. The lowest BCUT2D eigenvalue weighted by Crippen LogP contribution is -2.44. The molecule has 9 heteroatoms. The van der Waals surface area contributed by atoms with Gasteiger partial charge in [-0.2, -0.15) is 9.61 Å². The zero-order valence-electron chi connectivity index (χ0n) is 18.6. The van der Waals surface area contributed by atoms with Gasteiger partial charge in [0.15, 0.2) is 10.5 Å². The normalized spacial score (nSPS) is 15.6. The molecule has 1 saturated heterocycles. The molecule has 166 valence electrons. The second kappa shape index (κ2) is 8.11. The average molecular weight is 460 g/mol. The second-order valence-corrected chi connectivity index (χ2v) is 11.5. The summed E-state index contributed by atoms with van der Waals surface area (Å²) in [5, 5.41) is 8.49. The van der Waals surface area contributed by atoms with E-state index in [-0.39, 0.29) is 15.2 Å². The molecule has 0 spiro atoms. The van der Waals surface area contributed by atoms with Crippen molar-refractivity contribution in [1.29, 1.82) is 0 Å². The first-order chi connectivity index (χ1) is 14.6. The van der Waals surface area contributed by atoms with Crippen LogP contribution in [0.1, 0.15) is 32.0 Å². The van der Waals surface area contributed by atoms with Crippen molar-refractivity contribution in [3.8, 4) is 0 Å². The predicted octanol–water partition coefficient (Wildman–Crippen LogP) is 3.30. The Morgan fingerprint density at radius 1 is 1.10 bits per heavy atom. The van der Waals surface area contributed by atoms with Crippen molar-refractivity contribution in [2.45, 2.75) is 47.9 Å². The van der Waals surface area contributed by atoms with E-state index in [4.69, 9.17) is 0 Å². The fourth-order valence-electron chi connectivity index (χ4n) is 3.82. The molecule has 0 bridgehead atoms. The van der Waals surface area contributed by atoms with Gasteiger partial charge >= 0.3 is 0 Å². The van der Waals surface area contributed by atoms with E-state index in [2.05, 4.69) is 41.1 Å². The number of rotatable bonds is 4. The third-order valence-electron chi connectivity index (χ3n) is 5.56. The zero-order chi connectivity index (χ0) is 22.4. The summed E-state index contributed by atoms with van der Waals surface area (Å²) in [6.45, 7) is 11.7. The van der Waals surface area contributed by atoms with Gasteiger partial charge in [0, 0.05) is 37.9 Å². The molecule has 1 fully saturated rings. The van der Waals surface area contributed by atoms with Crippen molar-refractivity contribution in [1.82, 2.24) is 19.9 Å². The number of nitrogens with zero attached hydrogens (tertiary/aromatic N) is 4. The van der Waals surface area contributed by atoms with E-state index in [1.165, 1.54) is 11.8 Å². The van der Waals surface area contributed by atoms with E-state index in [1.54, 1.807) is 16.6 Å². The van der Waals surface area contributed by atoms with Crippen LogP contribution in [-0.4, -0.2) is 55.5 Å². The average Bonchev–Trinajstić information content (AvgIpc) is 3.12. The maximum Gasteiger partial charge on any atom is 0.213 e. The Hall–Kier alpha value is -2.10. The number of piperazine rings is 1. The van der Waals surface area contributed by atoms with Gasteiger partial charge in [-0.15, -0.1) is 11.8 Å². The van der Waals surface area contributed by atoms with Crippen LogP contribution in [0.3, 0.4) is 0 Å². The lowest BCUT2D eigenvalue weighted by Gasteiger charge is -2.29. The van der Waals surface area contributed by atoms with E-state index >= 15 is 0 Å². The van der Waals surface area contributed by atoms with Gasteiger partial charge in [0.1, 0.15) is 10.8 Å². The monoisotopic (exact) mass is 459 g/mol. The molecule has 31 heavy (non-hydrogen) atoms. The number of thioether (sulfide) groups is 1. The van der Waals surface area contributed by atoms with E-state index in [9.17, 15) is 8.42 Å². The first-order valence-electron chi connectivity index (χ1n) is 10.4. The maximum atomic E-state index is 13.7. The minimum absolute atomic E-state index is 0.0476. The Morgan fingerprint density at radius 2 is 1.74 bits per heavy atom. The SMILES string of the molecule is CSc1nn2c(N3CCNCC3)cc(C)nc2c1S(=O)(=O)c1ccc(C(C)(C)C)cc1. The largest absolute Gasteiger partial charge is 0.354 e. The number of hydrogen-bond acceptors (Lipinski definition) is 7. The second-order valence-electron chi connectivity index (χ2n) is 8.84. The molecule has 0 amide bonds. The van der Waals surface area contributed by atoms with Crippen LogP contribution in [0.15, 0.2) is 45.1 Å². The first kappa shape index (κ1) is 22.1. The van der Waals surface area contributed by atoms with Gasteiger partial charge in [0.25, 0.3) is 0 Å². The summed E-state index contributed by atoms with van der Waals surface area (Å²) in [5.74, 6) is 0.879. The van der Waals surface area contributed by atoms with Crippen LogP contribution in [0.4, 0.5) is 5.82 Å². The highest BCUT2D eigenvalue weighted by Crippen LogP contribution is 2.35. The summed E-state index contributed by atoms with van der Waals surface area (Å²) in [7, 11) is -3.79. The molecule has 0 unspecified atom stereocenters. The summed E-state index contributed by atoms with van der Waals surface area (Å²) in [6.07, 6.45) is 1.85. The predicted molar refractivity (Wildman–Crippen MR) is 125 cm³/mol. The van der Waals surface area contributed by atoms with Crippen LogP contribution in [-0.2, 0) is 15.3 Å². The van der Waals surface area contributed by atoms with E-state index < -0.39 is 9.84 Å². The Kier molecular flexibility index (Phi) is 5.78. The highest BCUT2D eigenvalue weighted by molar-refractivity contribution is 7.99. The van der Waals surface area contributed by atoms with Gasteiger partial charge in [-0.25, -0.2) is 13.4 Å². The fraction of sp³-hybridized carbons (Fsp3) is 0.455. The Morgan fingerprint density at radius 3 is 2.32 bits per heavy atom. The molecular weight excluding hydrogens is 430 g/mol. The number of nitrogens with one attached hydrogen (secondary N) is 1. The third kappa shape index (κ3) is 4.06. The van der Waals surface area contributed by atoms with Gasteiger partial charge in [0.05, 0.1) is 4.90 Å². The molecule has 1 aliphatic heterocycles. The lowest BCUT2D eigenvalue weighted by molar-refractivity contribution is 0.579. The van der Waals surface area contributed by atoms with Gasteiger partial charge < -0.3 is 10.2 Å². The van der Waals surface area contributed by atoms with Crippen molar-refractivity contribution in [3.63, 3.8) is 0 Å². The molecule has 2 aromatic heterocycles. The van der Waals surface area contributed by atoms with Crippen LogP contribution in [0, 0.1) is 6.92 Å². The van der Waals surface area contributed by atoms with Crippen LogP contribution in [0.5, 0.6) is 0 Å². The fourth-order valence-corrected chi connectivity index (χ4v) is 6.21. The minimum Gasteiger partial charge on any atom is -0.354 e. The topological polar surface area (TPSA) is 79.6 Å². The molecule has 7 nitrogen and oxygen atoms in total. The Balaban J connectivity index is 1.89. The number of fused-ring (bicyclic) bond motifs is 1. The quantitative estimate of drug-likeness (QED) is 0.600. The molecule has 0 atom stereocenters. The van der Waals surface area contributed by atoms with Crippen molar-refractivity contribution in [2.75, 3.05) is 37.3 Å². The molecule has 1 N–H and O–H groups in total. The van der Waals surface area contributed by atoms with Gasteiger partial charge in [-0.05, 0) is 36.3 Å². The van der Waals surface area contributed by atoms with Gasteiger partial charge in [-0.1, -0.05) is 32.9 Å². The molecule has 3 heterocycles. The molecule has 4 rings (SSSR count). The number of anilines is 1. The first-order valence-corrected chi connectivity index (χ1v) is 13.1. The summed E-state index contributed by atoms with van der Waals surface area (Å²) in [6, 6.07) is 9.14. The number of sulfone groups is 1. The minimum atomic E-state index is -3.79. The highest BCUT2D eigenvalue weighted by atomic mass is 32.2. The van der Waals surface area contributed by atoms with E-state index in [1.807, 2.05) is 31.4 Å². The summed E-state index contributed by atoms with van der Waals surface area (Å²) >= 11 is 1.33. The van der Waals surface area contributed by atoms with Crippen LogP contribution < -0.4 is 10.2 Å². The van der Waals surface area contributed by atoms with Gasteiger partial charge in [-0.3, -0.25) is 0 Å². The number of aromatic nitrogens is 3. The Labute approximate surface area is 188 Å². The van der Waals surface area contributed by atoms with Crippen molar-refractivity contribution >= 4 is 33.1 Å². The van der Waals surface area contributed by atoms with Crippen molar-refractivity contribution < 1.29 is 8.42 Å². The van der Waals surface area contributed by atoms with Crippen molar-refractivity contribution in [2.24, 2.45) is 0 Å². The molecular formula is C22H29N5O2S2. The molecule has 1 aliphatic rings. The maximum absolute atomic E-state index is 13.7. The molecule has 0 saturated carbocycles. The molecule has 0 radical (unpaired) electrons. The standard InChI is InChI=1S/C22H29N5O2S2/c1-15-14-18(26-12-10-23-11-13-26)27-20(24-15)19(21(25-27)30-5)31(28,29)17-8-6-16(7-9-17)22(2,3)4/h6-9,14,23H,10-13H2,1-5H3. The smallest absolute Gasteiger partial charge is 0.213 e. The van der Waals surface area contributed by atoms with Crippen LogP contribution >= 0.6 is 11.8 Å².